The molecule has 0 saturated carbocycles. The maximum atomic E-state index is 12.9. The highest BCUT2D eigenvalue weighted by molar-refractivity contribution is 5.78. The van der Waals surface area contributed by atoms with E-state index in [0.717, 1.165) is 65.2 Å². The van der Waals surface area contributed by atoms with Crippen molar-refractivity contribution in [1.29, 1.82) is 0 Å². The van der Waals surface area contributed by atoms with Gasteiger partial charge in [0.2, 0.25) is 5.91 Å². The van der Waals surface area contributed by atoms with Crippen molar-refractivity contribution >= 4 is 5.91 Å². The van der Waals surface area contributed by atoms with Gasteiger partial charge in [0.05, 0.1) is 18.5 Å². The van der Waals surface area contributed by atoms with E-state index >= 15 is 0 Å². The standard InChI is InChI=1S/C22H45N9O/c1-3-15-11-23-7-4-17(15)12-27-22(32)16-5-9-25-19(10-16)26-13-20-29-30-21(31(20)2)18-6-8-24-14-28-18/h15-21,23-26,28-30H,3-14H2,1-2H3,(H,27,32). The molecule has 7 atom stereocenters. The number of piperidine rings is 2. The Morgan fingerprint density at radius 2 is 1.88 bits per heavy atom. The summed E-state index contributed by atoms with van der Waals surface area (Å²) < 4.78 is 0. The summed E-state index contributed by atoms with van der Waals surface area (Å²) >= 11 is 0. The molecule has 4 saturated heterocycles. The van der Waals surface area contributed by atoms with E-state index in [1.165, 1.54) is 12.8 Å². The topological polar surface area (TPSA) is 117 Å². The molecule has 10 nitrogen and oxygen atoms in total. The zero-order chi connectivity index (χ0) is 22.3. The third-order valence-corrected chi connectivity index (χ3v) is 7.99. The summed E-state index contributed by atoms with van der Waals surface area (Å²) in [6.45, 7) is 8.87. The first kappa shape index (κ1) is 24.3. The van der Waals surface area contributed by atoms with Gasteiger partial charge in [-0.05, 0) is 70.7 Å². The summed E-state index contributed by atoms with van der Waals surface area (Å²) in [5.41, 5.74) is 6.89. The van der Waals surface area contributed by atoms with E-state index in [2.05, 4.69) is 61.6 Å². The monoisotopic (exact) mass is 451 g/mol. The van der Waals surface area contributed by atoms with Crippen molar-refractivity contribution in [2.24, 2.45) is 17.8 Å². The van der Waals surface area contributed by atoms with E-state index in [0.29, 0.717) is 17.9 Å². The van der Waals surface area contributed by atoms with Gasteiger partial charge in [-0.1, -0.05) is 13.3 Å². The van der Waals surface area contributed by atoms with E-state index in [1.54, 1.807) is 0 Å². The van der Waals surface area contributed by atoms with Crippen LogP contribution in [0.15, 0.2) is 0 Å². The molecule has 4 aliphatic rings. The number of carbonyl (C=O) groups excluding carboxylic acids is 1. The van der Waals surface area contributed by atoms with Crippen molar-refractivity contribution in [3.63, 3.8) is 0 Å². The summed E-state index contributed by atoms with van der Waals surface area (Å²) in [6.07, 6.45) is 5.90. The van der Waals surface area contributed by atoms with Crippen LogP contribution in [-0.2, 0) is 4.79 Å². The first-order valence-corrected chi connectivity index (χ1v) is 12.8. The van der Waals surface area contributed by atoms with Gasteiger partial charge in [-0.2, -0.15) is 0 Å². The normalized spacial score (nSPS) is 39.1. The molecule has 0 radical (unpaired) electrons. The van der Waals surface area contributed by atoms with Crippen LogP contribution in [0.25, 0.3) is 0 Å². The van der Waals surface area contributed by atoms with E-state index < -0.39 is 0 Å². The highest BCUT2D eigenvalue weighted by Crippen LogP contribution is 2.22. The molecule has 0 bridgehead atoms. The van der Waals surface area contributed by atoms with Crippen LogP contribution in [0.5, 0.6) is 0 Å². The lowest BCUT2D eigenvalue weighted by Gasteiger charge is -2.35. The Labute approximate surface area is 193 Å². The van der Waals surface area contributed by atoms with Gasteiger partial charge in [0.1, 0.15) is 0 Å². The molecule has 0 spiro atoms. The quantitative estimate of drug-likeness (QED) is 0.218. The van der Waals surface area contributed by atoms with Crippen molar-refractivity contribution in [1.82, 2.24) is 47.7 Å². The summed E-state index contributed by atoms with van der Waals surface area (Å²) in [4.78, 5) is 15.3. The van der Waals surface area contributed by atoms with Crippen LogP contribution < -0.4 is 42.8 Å². The van der Waals surface area contributed by atoms with Crippen molar-refractivity contribution in [3.8, 4) is 0 Å². The van der Waals surface area contributed by atoms with Gasteiger partial charge in [-0.3, -0.25) is 20.3 Å². The average molecular weight is 452 g/mol. The van der Waals surface area contributed by atoms with Gasteiger partial charge in [0, 0.05) is 31.7 Å². The van der Waals surface area contributed by atoms with Crippen LogP contribution in [0.4, 0.5) is 0 Å². The van der Waals surface area contributed by atoms with E-state index in [1.807, 2.05) is 0 Å². The second-order valence-electron chi connectivity index (χ2n) is 9.99. The van der Waals surface area contributed by atoms with Gasteiger partial charge in [0.15, 0.2) is 0 Å². The summed E-state index contributed by atoms with van der Waals surface area (Å²) in [5.74, 6) is 1.62. The van der Waals surface area contributed by atoms with Gasteiger partial charge in [-0.25, -0.2) is 10.9 Å². The number of hydrogen-bond acceptors (Lipinski definition) is 9. The Morgan fingerprint density at radius 3 is 2.69 bits per heavy atom. The van der Waals surface area contributed by atoms with E-state index in [-0.39, 0.29) is 30.3 Å². The summed E-state index contributed by atoms with van der Waals surface area (Å²) in [5, 5.41) is 20.9. The van der Waals surface area contributed by atoms with Crippen LogP contribution in [0, 0.1) is 17.8 Å². The molecule has 0 aliphatic carbocycles. The minimum Gasteiger partial charge on any atom is -0.356 e. The molecule has 4 heterocycles. The SMILES string of the molecule is CCC1CNCCC1CNC(=O)C1CCNC(NCC2NNC(C3CCNCN3)N2C)C1. The highest BCUT2D eigenvalue weighted by Gasteiger charge is 2.36. The molecule has 0 aromatic rings. The number of nitrogens with one attached hydrogen (secondary N) is 8. The lowest BCUT2D eigenvalue weighted by molar-refractivity contribution is -0.126. The number of hydrogen-bond donors (Lipinski definition) is 8. The third kappa shape index (κ3) is 6.18. The molecule has 0 aromatic heterocycles. The fraction of sp³-hybridized carbons (Fsp3) is 0.955. The van der Waals surface area contributed by atoms with Gasteiger partial charge in [-0.15, -0.1) is 0 Å². The first-order valence-electron chi connectivity index (χ1n) is 12.8. The minimum absolute atomic E-state index is 0.0922. The highest BCUT2D eigenvalue weighted by atomic mass is 16.1. The Balaban J connectivity index is 1.18. The predicted octanol–water partition coefficient (Wildman–Crippen LogP) is -1.75. The maximum Gasteiger partial charge on any atom is 0.223 e. The lowest BCUT2D eigenvalue weighted by atomic mass is 9.84. The van der Waals surface area contributed by atoms with Crippen molar-refractivity contribution in [2.75, 3.05) is 53.0 Å². The minimum atomic E-state index is 0.0922. The maximum absolute atomic E-state index is 12.9. The number of amides is 1. The van der Waals surface area contributed by atoms with Crippen LogP contribution >= 0.6 is 0 Å². The molecule has 4 rings (SSSR count). The smallest absolute Gasteiger partial charge is 0.223 e. The number of hydrazine groups is 1. The molecular weight excluding hydrogens is 406 g/mol. The van der Waals surface area contributed by atoms with Crippen molar-refractivity contribution < 1.29 is 4.79 Å². The second-order valence-corrected chi connectivity index (χ2v) is 9.99. The molecule has 7 unspecified atom stereocenters. The molecule has 8 N–H and O–H groups in total. The number of carbonyl (C=O) groups is 1. The zero-order valence-electron chi connectivity index (χ0n) is 19.9. The molecule has 32 heavy (non-hydrogen) atoms. The molecule has 0 aromatic carbocycles. The van der Waals surface area contributed by atoms with Crippen LogP contribution in [0.1, 0.15) is 39.0 Å². The Morgan fingerprint density at radius 1 is 1.00 bits per heavy atom. The fourth-order valence-corrected chi connectivity index (χ4v) is 5.74. The molecule has 10 heteroatoms. The van der Waals surface area contributed by atoms with Crippen LogP contribution in [0.2, 0.25) is 0 Å². The molecule has 4 fully saturated rings. The lowest BCUT2D eigenvalue weighted by Crippen LogP contribution is -2.58. The van der Waals surface area contributed by atoms with E-state index in [9.17, 15) is 4.79 Å². The third-order valence-electron chi connectivity index (χ3n) is 7.99. The number of likely N-dealkylation sites (N-methyl/N-ethyl adjacent to an activating group) is 1. The Hall–Kier alpha value is -0.850. The van der Waals surface area contributed by atoms with Crippen molar-refractivity contribution in [2.45, 2.75) is 63.6 Å². The summed E-state index contributed by atoms with van der Waals surface area (Å²) in [6, 6.07) is 0.437. The molecule has 1 amide bonds. The molecule has 184 valence electrons. The van der Waals surface area contributed by atoms with Crippen molar-refractivity contribution in [3.05, 3.63) is 0 Å². The second kappa shape index (κ2) is 12.0. The zero-order valence-corrected chi connectivity index (χ0v) is 19.9. The van der Waals surface area contributed by atoms with Gasteiger partial charge < -0.3 is 21.3 Å². The number of nitrogens with zero attached hydrogens (tertiary/aromatic N) is 1. The van der Waals surface area contributed by atoms with Crippen LogP contribution in [-0.4, -0.2) is 88.3 Å². The molecule has 4 aliphatic heterocycles. The first-order chi connectivity index (χ1) is 15.7. The number of rotatable bonds is 8. The molecular formula is C22H45N9O. The fourth-order valence-electron chi connectivity index (χ4n) is 5.74. The Bertz CT molecular complexity index is 588. The van der Waals surface area contributed by atoms with Gasteiger partial charge >= 0.3 is 0 Å². The summed E-state index contributed by atoms with van der Waals surface area (Å²) in [7, 11) is 2.17. The largest absolute Gasteiger partial charge is 0.356 e. The van der Waals surface area contributed by atoms with Gasteiger partial charge in [0.25, 0.3) is 0 Å². The predicted molar refractivity (Wildman–Crippen MR) is 126 cm³/mol. The Kier molecular flexibility index (Phi) is 9.13. The average Bonchev–Trinajstić information content (AvgIpc) is 3.22. The van der Waals surface area contributed by atoms with E-state index in [4.69, 9.17) is 0 Å². The van der Waals surface area contributed by atoms with Crippen LogP contribution in [0.3, 0.4) is 0 Å².